The summed E-state index contributed by atoms with van der Waals surface area (Å²) in [5.41, 5.74) is 8.03. The van der Waals surface area contributed by atoms with Gasteiger partial charge in [-0.05, 0) is 54.7 Å². The minimum Gasteiger partial charge on any atom is -0.469 e. The molecule has 190 valence electrons. The van der Waals surface area contributed by atoms with E-state index >= 15 is 0 Å². The zero-order chi connectivity index (χ0) is 25.5. The van der Waals surface area contributed by atoms with Gasteiger partial charge in [-0.25, -0.2) is 0 Å². The van der Waals surface area contributed by atoms with Crippen molar-refractivity contribution in [3.63, 3.8) is 0 Å². The Morgan fingerprint density at radius 2 is 1.86 bits per heavy atom. The molecule has 0 aliphatic carbocycles. The van der Waals surface area contributed by atoms with Gasteiger partial charge in [0.05, 0.1) is 19.6 Å². The van der Waals surface area contributed by atoms with Crippen molar-refractivity contribution in [1.29, 1.82) is 0 Å². The highest BCUT2D eigenvalue weighted by Gasteiger charge is 2.46. The number of esters is 1. The van der Waals surface area contributed by atoms with Crippen LogP contribution in [0.4, 0.5) is 5.69 Å². The van der Waals surface area contributed by atoms with E-state index in [0.29, 0.717) is 28.1 Å². The molecule has 1 amide bonds. The molecule has 5 atom stereocenters. The van der Waals surface area contributed by atoms with Gasteiger partial charge in [-0.2, -0.15) is 0 Å². The van der Waals surface area contributed by atoms with Gasteiger partial charge >= 0.3 is 5.97 Å². The maximum Gasteiger partial charge on any atom is 0.307 e. The van der Waals surface area contributed by atoms with E-state index in [1.54, 1.807) is 12.1 Å². The number of benzene rings is 2. The number of rotatable bonds is 10. The number of methoxy groups -OCH3 is 1. The predicted molar refractivity (Wildman–Crippen MR) is 142 cm³/mol. The van der Waals surface area contributed by atoms with Gasteiger partial charge in [-0.3, -0.25) is 14.5 Å². The topological polar surface area (TPSA) is 84.7 Å². The Balaban J connectivity index is 1.95. The second kappa shape index (κ2) is 12.7. The number of hydrogen-bond donors (Lipinski definition) is 2. The summed E-state index contributed by atoms with van der Waals surface area (Å²) in [6.07, 6.45) is 2.45. The maximum atomic E-state index is 13.8. The molecule has 3 rings (SSSR count). The van der Waals surface area contributed by atoms with Crippen molar-refractivity contribution in [2.45, 2.75) is 63.6 Å². The number of carbonyl (C=O) groups excluding carboxylic acids is 2. The maximum absolute atomic E-state index is 13.8. The lowest BCUT2D eigenvalue weighted by Crippen LogP contribution is -2.48. The van der Waals surface area contributed by atoms with Gasteiger partial charge in [0, 0.05) is 40.3 Å². The van der Waals surface area contributed by atoms with Crippen LogP contribution < -0.4 is 11.1 Å². The molecule has 1 aliphatic heterocycles. The minimum absolute atomic E-state index is 0.0303. The van der Waals surface area contributed by atoms with Gasteiger partial charge in [0.2, 0.25) is 5.91 Å². The first kappa shape index (κ1) is 27.5. The van der Waals surface area contributed by atoms with Crippen LogP contribution in [0.2, 0.25) is 10.0 Å². The number of nitrogens with one attached hydrogen (secondary N) is 1. The number of hydrogen-bond acceptors (Lipinski definition) is 5. The van der Waals surface area contributed by atoms with Crippen molar-refractivity contribution >= 4 is 40.8 Å². The van der Waals surface area contributed by atoms with Gasteiger partial charge in [-0.15, -0.1) is 0 Å². The minimum atomic E-state index is -0.420. The van der Waals surface area contributed by atoms with E-state index in [1.807, 2.05) is 36.4 Å². The molecule has 1 saturated heterocycles. The first-order valence-electron chi connectivity index (χ1n) is 12.1. The Bertz CT molecular complexity index is 1020. The predicted octanol–water partition coefficient (Wildman–Crippen LogP) is 5.49. The van der Waals surface area contributed by atoms with E-state index < -0.39 is 6.04 Å². The average Bonchev–Trinajstić information content (AvgIpc) is 3.16. The van der Waals surface area contributed by atoms with Crippen LogP contribution in [0.1, 0.15) is 51.0 Å². The van der Waals surface area contributed by atoms with Crippen molar-refractivity contribution < 1.29 is 14.3 Å². The van der Waals surface area contributed by atoms with Crippen LogP contribution in [0.15, 0.2) is 48.5 Å². The van der Waals surface area contributed by atoms with Gasteiger partial charge < -0.3 is 15.8 Å². The molecule has 6 nitrogen and oxygen atoms in total. The number of amides is 1. The Labute approximate surface area is 218 Å². The number of halogens is 2. The lowest BCUT2D eigenvalue weighted by molar-refractivity contribution is -0.141. The molecule has 0 spiro atoms. The third-order valence-corrected chi connectivity index (χ3v) is 7.29. The molecule has 0 saturated carbocycles. The molecule has 2 aromatic carbocycles. The first-order valence-corrected chi connectivity index (χ1v) is 12.9. The molecule has 3 N–H and O–H groups in total. The largest absolute Gasteiger partial charge is 0.469 e. The van der Waals surface area contributed by atoms with Gasteiger partial charge in [0.15, 0.2) is 0 Å². The SMILES string of the molecule is CCC(C)CN1C(C(=O)Nc2cccc(Cl)c2)C(c2cccc(Cl)c2)C[C@@H]1CC(N)CC(=O)OC. The number of anilines is 1. The number of nitrogens with two attached hydrogens (primary N) is 1. The highest BCUT2D eigenvalue weighted by atomic mass is 35.5. The molecule has 0 bridgehead atoms. The highest BCUT2D eigenvalue weighted by molar-refractivity contribution is 6.31. The summed E-state index contributed by atoms with van der Waals surface area (Å²) < 4.78 is 4.81. The van der Waals surface area contributed by atoms with Gasteiger partial charge in [0.1, 0.15) is 0 Å². The van der Waals surface area contributed by atoms with E-state index in [1.165, 1.54) is 7.11 Å². The van der Waals surface area contributed by atoms with Crippen LogP contribution in [-0.4, -0.2) is 48.6 Å². The van der Waals surface area contributed by atoms with E-state index in [2.05, 4.69) is 24.1 Å². The molecule has 0 radical (unpaired) electrons. The van der Waals surface area contributed by atoms with Crippen molar-refractivity contribution in [2.75, 3.05) is 19.0 Å². The zero-order valence-electron chi connectivity index (χ0n) is 20.5. The summed E-state index contributed by atoms with van der Waals surface area (Å²) in [6, 6.07) is 14.1. The molecule has 1 aliphatic rings. The van der Waals surface area contributed by atoms with Crippen molar-refractivity contribution in [2.24, 2.45) is 11.7 Å². The molecule has 0 aromatic heterocycles. The zero-order valence-corrected chi connectivity index (χ0v) is 22.1. The Kier molecular flexibility index (Phi) is 9.99. The smallest absolute Gasteiger partial charge is 0.307 e. The summed E-state index contributed by atoms with van der Waals surface area (Å²) in [4.78, 5) is 27.9. The molecule has 2 aromatic rings. The van der Waals surface area contributed by atoms with Crippen LogP contribution in [0.25, 0.3) is 0 Å². The van der Waals surface area contributed by atoms with Crippen LogP contribution in [0.5, 0.6) is 0 Å². The summed E-state index contributed by atoms with van der Waals surface area (Å²) in [5.74, 6) is -0.114. The molecule has 1 heterocycles. The lowest BCUT2D eigenvalue weighted by Gasteiger charge is -2.33. The van der Waals surface area contributed by atoms with Crippen LogP contribution >= 0.6 is 23.2 Å². The highest BCUT2D eigenvalue weighted by Crippen LogP contribution is 2.41. The fourth-order valence-electron chi connectivity index (χ4n) is 4.90. The third kappa shape index (κ3) is 7.43. The summed E-state index contributed by atoms with van der Waals surface area (Å²) >= 11 is 12.5. The fourth-order valence-corrected chi connectivity index (χ4v) is 5.29. The Hall–Kier alpha value is -2.12. The van der Waals surface area contributed by atoms with Crippen molar-refractivity contribution in [1.82, 2.24) is 4.90 Å². The standard InChI is InChI=1S/C27H35Cl2N3O3/c1-4-17(2)16-32-23(13-21(30)14-25(33)35-3)15-24(18-7-5-8-19(28)11-18)26(32)27(34)31-22-10-6-9-20(29)12-22/h5-12,17,21,23-24,26H,4,13-16,30H2,1-3H3,(H,31,34)/t17?,21?,23-,24?,26?/m0/s1. The lowest BCUT2D eigenvalue weighted by atomic mass is 9.89. The molecule has 1 fully saturated rings. The molecular formula is C27H35Cl2N3O3. The van der Waals surface area contributed by atoms with Gasteiger partial charge in [-0.1, -0.05) is 61.7 Å². The van der Waals surface area contributed by atoms with Crippen molar-refractivity contribution in [3.8, 4) is 0 Å². The fraction of sp³-hybridized carbons (Fsp3) is 0.481. The Morgan fingerprint density at radius 3 is 2.49 bits per heavy atom. The first-order chi connectivity index (χ1) is 16.7. The quantitative estimate of drug-likeness (QED) is 0.405. The number of nitrogens with zero attached hydrogens (tertiary/aromatic N) is 1. The molecule has 35 heavy (non-hydrogen) atoms. The summed E-state index contributed by atoms with van der Waals surface area (Å²) in [5, 5.41) is 4.27. The molecule has 4 unspecified atom stereocenters. The monoisotopic (exact) mass is 519 g/mol. The third-order valence-electron chi connectivity index (χ3n) is 6.82. The van der Waals surface area contributed by atoms with Crippen LogP contribution in [0.3, 0.4) is 0 Å². The Morgan fingerprint density at radius 1 is 1.17 bits per heavy atom. The average molecular weight is 521 g/mol. The summed E-state index contributed by atoms with van der Waals surface area (Å²) in [7, 11) is 1.37. The van der Waals surface area contributed by atoms with E-state index in [0.717, 1.165) is 24.9 Å². The number of likely N-dealkylation sites (tertiary alicyclic amines) is 1. The van der Waals surface area contributed by atoms with E-state index in [-0.39, 0.29) is 36.3 Å². The van der Waals surface area contributed by atoms with E-state index in [4.69, 9.17) is 33.7 Å². The number of ether oxygens (including phenoxy) is 1. The molecule has 8 heteroatoms. The second-order valence-corrected chi connectivity index (χ2v) is 10.4. The normalized spacial score (nSPS) is 21.9. The van der Waals surface area contributed by atoms with Crippen molar-refractivity contribution in [3.05, 3.63) is 64.1 Å². The van der Waals surface area contributed by atoms with E-state index in [9.17, 15) is 9.59 Å². The second-order valence-electron chi connectivity index (χ2n) is 9.48. The molecular weight excluding hydrogens is 485 g/mol. The van der Waals surface area contributed by atoms with Crippen LogP contribution in [0, 0.1) is 5.92 Å². The van der Waals surface area contributed by atoms with Crippen LogP contribution in [-0.2, 0) is 14.3 Å². The summed E-state index contributed by atoms with van der Waals surface area (Å²) in [6.45, 7) is 5.08. The van der Waals surface area contributed by atoms with Gasteiger partial charge in [0.25, 0.3) is 0 Å². The number of carbonyl (C=O) groups is 2.